The van der Waals surface area contributed by atoms with Crippen molar-refractivity contribution in [1.29, 1.82) is 0 Å². The highest BCUT2D eigenvalue weighted by molar-refractivity contribution is 5.77. The molecule has 29 heavy (non-hydrogen) atoms. The summed E-state index contributed by atoms with van der Waals surface area (Å²) in [5, 5.41) is 8.85. The minimum absolute atomic E-state index is 0.114. The number of aryl methyl sites for hydroxylation is 1. The molecular formula is C23H32N4O2. The van der Waals surface area contributed by atoms with Crippen LogP contribution >= 0.6 is 0 Å². The van der Waals surface area contributed by atoms with Crippen molar-refractivity contribution in [3.05, 3.63) is 47.5 Å². The molecule has 1 aromatic carbocycles. The van der Waals surface area contributed by atoms with Crippen LogP contribution in [0.4, 0.5) is 0 Å². The number of piperidine rings is 1. The van der Waals surface area contributed by atoms with E-state index in [4.69, 9.17) is 4.74 Å². The molecule has 0 unspecified atom stereocenters. The van der Waals surface area contributed by atoms with Gasteiger partial charge in [-0.15, -0.1) is 10.2 Å². The quantitative estimate of drug-likeness (QED) is 0.775. The van der Waals surface area contributed by atoms with E-state index in [1.807, 2.05) is 35.2 Å². The summed E-state index contributed by atoms with van der Waals surface area (Å²) in [5.41, 5.74) is 1.43. The Morgan fingerprint density at radius 1 is 1.07 bits per heavy atom. The Morgan fingerprint density at radius 3 is 2.52 bits per heavy atom. The second-order valence-corrected chi connectivity index (χ2v) is 8.89. The maximum Gasteiger partial charge on any atom is 0.248 e. The largest absolute Gasteiger partial charge is 0.367 e. The summed E-state index contributed by atoms with van der Waals surface area (Å²) < 4.78 is 7.99. The molecule has 156 valence electrons. The molecule has 0 atom stereocenters. The van der Waals surface area contributed by atoms with E-state index in [2.05, 4.69) is 28.6 Å². The molecule has 0 bridgehead atoms. The zero-order chi connectivity index (χ0) is 20.3. The summed E-state index contributed by atoms with van der Waals surface area (Å²) >= 11 is 0. The van der Waals surface area contributed by atoms with Crippen LogP contribution in [0.25, 0.3) is 0 Å². The van der Waals surface area contributed by atoms with Gasteiger partial charge in [0, 0.05) is 32.0 Å². The molecular weight excluding hydrogens is 364 g/mol. The number of benzene rings is 1. The molecule has 2 aromatic rings. The van der Waals surface area contributed by atoms with Crippen LogP contribution in [-0.4, -0.2) is 45.3 Å². The second-order valence-electron chi connectivity index (χ2n) is 8.89. The normalized spacial score (nSPS) is 18.7. The average Bonchev–Trinajstić information content (AvgIpc) is 3.08. The minimum atomic E-state index is 0.114. The van der Waals surface area contributed by atoms with Crippen molar-refractivity contribution in [1.82, 2.24) is 19.7 Å². The van der Waals surface area contributed by atoms with Crippen LogP contribution in [0.2, 0.25) is 0 Å². The van der Waals surface area contributed by atoms with Crippen LogP contribution in [0.5, 0.6) is 0 Å². The SMILES string of the molecule is CC(C)c1nnc2n1CCC1(CC2)CCN(C(=O)COCc2ccccc2)CC1. The van der Waals surface area contributed by atoms with Crippen molar-refractivity contribution in [2.75, 3.05) is 19.7 Å². The number of hydrogen-bond acceptors (Lipinski definition) is 4. The standard InChI is InChI=1S/C23H32N4O2/c1-18(2)22-25-24-20-8-9-23(12-15-27(20)22)10-13-26(14-11-23)21(28)17-29-16-19-6-4-3-5-7-19/h3-7,18H,8-17H2,1-2H3. The van der Waals surface area contributed by atoms with Gasteiger partial charge in [0.05, 0.1) is 6.61 Å². The van der Waals surface area contributed by atoms with Gasteiger partial charge in [-0.1, -0.05) is 44.2 Å². The number of aromatic nitrogens is 3. The fourth-order valence-electron chi connectivity index (χ4n) is 4.71. The topological polar surface area (TPSA) is 60.2 Å². The predicted octanol–water partition coefficient (Wildman–Crippen LogP) is 3.56. The van der Waals surface area contributed by atoms with Gasteiger partial charge in [0.1, 0.15) is 18.3 Å². The molecule has 6 nitrogen and oxygen atoms in total. The lowest BCUT2D eigenvalue weighted by Crippen LogP contribution is -2.44. The van der Waals surface area contributed by atoms with Gasteiger partial charge in [0.25, 0.3) is 0 Å². The van der Waals surface area contributed by atoms with Crippen LogP contribution in [0, 0.1) is 5.41 Å². The summed E-state index contributed by atoms with van der Waals surface area (Å²) in [5.74, 6) is 2.77. The molecule has 1 fully saturated rings. The number of fused-ring (bicyclic) bond motifs is 1. The van der Waals surface area contributed by atoms with Gasteiger partial charge >= 0.3 is 0 Å². The Kier molecular flexibility index (Phi) is 5.99. The van der Waals surface area contributed by atoms with Crippen LogP contribution in [-0.2, 0) is 29.1 Å². The van der Waals surface area contributed by atoms with Crippen LogP contribution < -0.4 is 0 Å². The van der Waals surface area contributed by atoms with E-state index >= 15 is 0 Å². The predicted molar refractivity (Wildman–Crippen MR) is 111 cm³/mol. The van der Waals surface area contributed by atoms with E-state index in [1.165, 1.54) is 0 Å². The summed E-state index contributed by atoms with van der Waals surface area (Å²) in [6, 6.07) is 10.0. The van der Waals surface area contributed by atoms with Gasteiger partial charge in [0.2, 0.25) is 5.91 Å². The number of rotatable bonds is 5. The maximum absolute atomic E-state index is 12.6. The Bertz CT molecular complexity index is 823. The molecule has 1 aromatic heterocycles. The highest BCUT2D eigenvalue weighted by Gasteiger charge is 2.37. The average molecular weight is 397 g/mol. The summed E-state index contributed by atoms with van der Waals surface area (Å²) in [4.78, 5) is 14.5. The van der Waals surface area contributed by atoms with Gasteiger partial charge in [-0.2, -0.15) is 0 Å². The first-order valence-electron chi connectivity index (χ1n) is 10.9. The van der Waals surface area contributed by atoms with Gasteiger partial charge in [-0.3, -0.25) is 4.79 Å². The Labute approximate surface area is 173 Å². The zero-order valence-electron chi connectivity index (χ0n) is 17.6. The van der Waals surface area contributed by atoms with Gasteiger partial charge in [-0.05, 0) is 36.7 Å². The molecule has 0 saturated carbocycles. The highest BCUT2D eigenvalue weighted by Crippen LogP contribution is 2.42. The molecule has 1 amide bonds. The van der Waals surface area contributed by atoms with Gasteiger partial charge in [-0.25, -0.2) is 0 Å². The lowest BCUT2D eigenvalue weighted by molar-refractivity contribution is -0.139. The third-order valence-electron chi connectivity index (χ3n) is 6.63. The molecule has 2 aliphatic heterocycles. The zero-order valence-corrected chi connectivity index (χ0v) is 17.6. The fourth-order valence-corrected chi connectivity index (χ4v) is 4.71. The Morgan fingerprint density at radius 2 is 1.79 bits per heavy atom. The number of amides is 1. The highest BCUT2D eigenvalue weighted by atomic mass is 16.5. The molecule has 2 aliphatic rings. The van der Waals surface area contributed by atoms with E-state index in [-0.39, 0.29) is 12.5 Å². The first-order chi connectivity index (χ1) is 14.1. The lowest BCUT2D eigenvalue weighted by Gasteiger charge is -2.41. The monoisotopic (exact) mass is 396 g/mol. The van der Waals surface area contributed by atoms with Crippen LogP contribution in [0.15, 0.2) is 30.3 Å². The van der Waals surface area contributed by atoms with E-state index in [0.29, 0.717) is 17.9 Å². The molecule has 1 spiro atoms. The lowest BCUT2D eigenvalue weighted by atomic mass is 9.73. The van der Waals surface area contributed by atoms with Crippen molar-refractivity contribution >= 4 is 5.91 Å². The van der Waals surface area contributed by atoms with E-state index in [9.17, 15) is 4.79 Å². The summed E-state index contributed by atoms with van der Waals surface area (Å²) in [6.07, 6.45) is 5.45. The van der Waals surface area contributed by atoms with Crippen molar-refractivity contribution < 1.29 is 9.53 Å². The van der Waals surface area contributed by atoms with Crippen molar-refractivity contribution in [2.24, 2.45) is 5.41 Å². The Balaban J connectivity index is 1.27. The number of nitrogens with zero attached hydrogens (tertiary/aromatic N) is 4. The first kappa shape index (κ1) is 20.1. The number of likely N-dealkylation sites (tertiary alicyclic amines) is 1. The van der Waals surface area contributed by atoms with Crippen LogP contribution in [0.3, 0.4) is 0 Å². The fraction of sp³-hybridized carbons (Fsp3) is 0.609. The number of carbonyl (C=O) groups is 1. The summed E-state index contributed by atoms with van der Waals surface area (Å²) in [7, 11) is 0. The molecule has 6 heteroatoms. The number of ether oxygens (including phenoxy) is 1. The van der Waals surface area contributed by atoms with Crippen LogP contribution in [0.1, 0.15) is 62.7 Å². The van der Waals surface area contributed by atoms with Crippen molar-refractivity contribution in [3.63, 3.8) is 0 Å². The second kappa shape index (κ2) is 8.66. The minimum Gasteiger partial charge on any atom is -0.367 e. The van der Waals surface area contributed by atoms with E-state index in [1.54, 1.807) is 0 Å². The molecule has 3 heterocycles. The molecule has 1 saturated heterocycles. The Hall–Kier alpha value is -2.21. The van der Waals surface area contributed by atoms with E-state index in [0.717, 1.165) is 69.0 Å². The van der Waals surface area contributed by atoms with Gasteiger partial charge < -0.3 is 14.2 Å². The van der Waals surface area contributed by atoms with Gasteiger partial charge in [0.15, 0.2) is 0 Å². The smallest absolute Gasteiger partial charge is 0.248 e. The summed E-state index contributed by atoms with van der Waals surface area (Å²) in [6.45, 7) is 7.70. The molecule has 0 N–H and O–H groups in total. The third kappa shape index (κ3) is 4.53. The molecule has 0 radical (unpaired) electrons. The van der Waals surface area contributed by atoms with E-state index < -0.39 is 0 Å². The third-order valence-corrected chi connectivity index (χ3v) is 6.63. The number of hydrogen-bond donors (Lipinski definition) is 0. The molecule has 4 rings (SSSR count). The van der Waals surface area contributed by atoms with Crippen molar-refractivity contribution in [2.45, 2.75) is 65.0 Å². The molecule has 0 aliphatic carbocycles. The first-order valence-corrected chi connectivity index (χ1v) is 10.9. The number of carbonyl (C=O) groups excluding carboxylic acids is 1. The van der Waals surface area contributed by atoms with Crippen molar-refractivity contribution in [3.8, 4) is 0 Å². The maximum atomic E-state index is 12.6.